The summed E-state index contributed by atoms with van der Waals surface area (Å²) < 4.78 is 23.0. The average molecular weight is 324 g/mol. The number of aromatic nitrogens is 2. The Morgan fingerprint density at radius 1 is 1.18 bits per heavy atom. The second kappa shape index (κ2) is 6.91. The third kappa shape index (κ3) is 4.16. The van der Waals surface area contributed by atoms with Crippen molar-refractivity contribution in [2.75, 3.05) is 42.6 Å². The van der Waals surface area contributed by atoms with Crippen molar-refractivity contribution in [2.24, 2.45) is 5.92 Å². The highest BCUT2D eigenvalue weighted by Gasteiger charge is 2.23. The molecule has 7 heteroatoms. The SMILES string of the molecule is O=S1(=O)CCN(c2cncc(CC3CCCNCC3)n2)CC1. The number of rotatable bonds is 3. The van der Waals surface area contributed by atoms with Gasteiger partial charge in [-0.25, -0.2) is 13.4 Å². The molecule has 1 N–H and O–H groups in total. The molecule has 3 heterocycles. The zero-order valence-electron chi connectivity index (χ0n) is 12.9. The summed E-state index contributed by atoms with van der Waals surface area (Å²) in [6.07, 6.45) is 8.21. The number of anilines is 1. The van der Waals surface area contributed by atoms with Gasteiger partial charge in [-0.3, -0.25) is 4.98 Å². The van der Waals surface area contributed by atoms with Crippen molar-refractivity contribution in [3.63, 3.8) is 0 Å². The highest BCUT2D eigenvalue weighted by atomic mass is 32.2. The number of sulfone groups is 1. The van der Waals surface area contributed by atoms with Crippen LogP contribution < -0.4 is 10.2 Å². The fraction of sp³-hybridized carbons (Fsp3) is 0.733. The molecule has 2 saturated heterocycles. The van der Waals surface area contributed by atoms with Gasteiger partial charge in [0.2, 0.25) is 0 Å². The number of nitrogens with one attached hydrogen (secondary N) is 1. The molecular weight excluding hydrogens is 300 g/mol. The molecule has 2 fully saturated rings. The van der Waals surface area contributed by atoms with Crippen molar-refractivity contribution in [3.8, 4) is 0 Å². The van der Waals surface area contributed by atoms with Gasteiger partial charge in [0.25, 0.3) is 0 Å². The summed E-state index contributed by atoms with van der Waals surface area (Å²) in [5.41, 5.74) is 1.03. The molecule has 6 nitrogen and oxygen atoms in total. The summed E-state index contributed by atoms with van der Waals surface area (Å²) in [6.45, 7) is 3.24. The van der Waals surface area contributed by atoms with E-state index in [4.69, 9.17) is 4.98 Å². The molecule has 122 valence electrons. The van der Waals surface area contributed by atoms with Crippen molar-refractivity contribution in [2.45, 2.75) is 25.7 Å². The van der Waals surface area contributed by atoms with E-state index in [-0.39, 0.29) is 11.5 Å². The summed E-state index contributed by atoms with van der Waals surface area (Å²) in [4.78, 5) is 11.1. The highest BCUT2D eigenvalue weighted by molar-refractivity contribution is 7.91. The minimum atomic E-state index is -2.86. The largest absolute Gasteiger partial charge is 0.353 e. The zero-order chi connectivity index (χ0) is 15.4. The fourth-order valence-electron chi connectivity index (χ4n) is 3.18. The second-order valence-corrected chi connectivity index (χ2v) is 8.56. The zero-order valence-corrected chi connectivity index (χ0v) is 13.7. The van der Waals surface area contributed by atoms with Crippen molar-refractivity contribution in [3.05, 3.63) is 18.1 Å². The Labute approximate surface area is 132 Å². The van der Waals surface area contributed by atoms with Crippen molar-refractivity contribution in [1.29, 1.82) is 0 Å². The van der Waals surface area contributed by atoms with Crippen molar-refractivity contribution >= 4 is 15.7 Å². The van der Waals surface area contributed by atoms with Gasteiger partial charge < -0.3 is 10.2 Å². The molecule has 1 unspecified atom stereocenters. The van der Waals surface area contributed by atoms with Crippen LogP contribution >= 0.6 is 0 Å². The van der Waals surface area contributed by atoms with E-state index in [9.17, 15) is 8.42 Å². The molecular formula is C15H24N4O2S. The average Bonchev–Trinajstić information content (AvgIpc) is 2.76. The minimum Gasteiger partial charge on any atom is -0.353 e. The van der Waals surface area contributed by atoms with E-state index in [0.29, 0.717) is 19.0 Å². The Morgan fingerprint density at radius 2 is 2.00 bits per heavy atom. The molecule has 2 aliphatic rings. The predicted octanol–water partition coefficient (Wildman–Crippen LogP) is 0.644. The van der Waals surface area contributed by atoms with Crippen LogP contribution in [0.5, 0.6) is 0 Å². The first kappa shape index (κ1) is 15.7. The van der Waals surface area contributed by atoms with Gasteiger partial charge in [0.15, 0.2) is 9.84 Å². The maximum atomic E-state index is 11.5. The lowest BCUT2D eigenvalue weighted by Gasteiger charge is -2.27. The summed E-state index contributed by atoms with van der Waals surface area (Å²) >= 11 is 0. The maximum absolute atomic E-state index is 11.5. The van der Waals surface area contributed by atoms with Crippen molar-refractivity contribution in [1.82, 2.24) is 15.3 Å². The van der Waals surface area contributed by atoms with Crippen LogP contribution in [-0.4, -0.2) is 56.1 Å². The Bertz CT molecular complexity index is 583. The molecule has 0 spiro atoms. The van der Waals surface area contributed by atoms with Gasteiger partial charge >= 0.3 is 0 Å². The van der Waals surface area contributed by atoms with Crippen LogP contribution in [0.1, 0.15) is 25.0 Å². The summed E-state index contributed by atoms with van der Waals surface area (Å²) in [5, 5.41) is 3.43. The third-order valence-corrected chi connectivity index (χ3v) is 6.14. The molecule has 0 radical (unpaired) electrons. The summed E-state index contributed by atoms with van der Waals surface area (Å²) in [6, 6.07) is 0. The first-order valence-electron chi connectivity index (χ1n) is 8.09. The normalized spacial score (nSPS) is 25.6. The minimum absolute atomic E-state index is 0.215. The van der Waals surface area contributed by atoms with Crippen LogP contribution in [0.25, 0.3) is 0 Å². The topological polar surface area (TPSA) is 75.2 Å². The van der Waals surface area contributed by atoms with Crippen LogP contribution in [0.15, 0.2) is 12.4 Å². The van der Waals surface area contributed by atoms with Crippen LogP contribution in [0.2, 0.25) is 0 Å². The van der Waals surface area contributed by atoms with E-state index in [1.807, 2.05) is 11.1 Å². The molecule has 1 aromatic rings. The van der Waals surface area contributed by atoms with Gasteiger partial charge in [0, 0.05) is 19.3 Å². The highest BCUT2D eigenvalue weighted by Crippen LogP contribution is 2.20. The second-order valence-electron chi connectivity index (χ2n) is 6.26. The van der Waals surface area contributed by atoms with Gasteiger partial charge in [-0.05, 0) is 44.7 Å². The third-order valence-electron chi connectivity index (χ3n) is 4.53. The van der Waals surface area contributed by atoms with Gasteiger partial charge in [-0.15, -0.1) is 0 Å². The van der Waals surface area contributed by atoms with Gasteiger partial charge in [-0.1, -0.05) is 0 Å². The van der Waals surface area contributed by atoms with E-state index in [1.54, 1.807) is 6.20 Å². The number of hydrogen-bond acceptors (Lipinski definition) is 6. The molecule has 0 aliphatic carbocycles. The first-order valence-corrected chi connectivity index (χ1v) is 9.91. The molecule has 1 aromatic heterocycles. The number of hydrogen-bond donors (Lipinski definition) is 1. The first-order chi connectivity index (χ1) is 10.6. The molecule has 0 aromatic carbocycles. The Morgan fingerprint density at radius 3 is 2.82 bits per heavy atom. The van der Waals surface area contributed by atoms with Crippen LogP contribution in [0.3, 0.4) is 0 Å². The van der Waals surface area contributed by atoms with Crippen LogP contribution in [0, 0.1) is 5.92 Å². The maximum Gasteiger partial charge on any atom is 0.153 e. The monoisotopic (exact) mass is 324 g/mol. The lowest BCUT2D eigenvalue weighted by atomic mass is 9.95. The van der Waals surface area contributed by atoms with Crippen molar-refractivity contribution < 1.29 is 8.42 Å². The van der Waals surface area contributed by atoms with Gasteiger partial charge in [0.05, 0.1) is 23.4 Å². The quantitative estimate of drug-likeness (QED) is 0.880. The Hall–Kier alpha value is -1.21. The molecule has 1 atom stereocenters. The van der Waals surface area contributed by atoms with Gasteiger partial charge in [0.1, 0.15) is 5.82 Å². The Balaban J connectivity index is 1.64. The summed E-state index contributed by atoms with van der Waals surface area (Å²) in [5.74, 6) is 1.92. The Kier molecular flexibility index (Phi) is 4.93. The molecule has 0 amide bonds. The summed E-state index contributed by atoms with van der Waals surface area (Å²) in [7, 11) is -2.86. The number of nitrogens with zero attached hydrogens (tertiary/aromatic N) is 3. The smallest absolute Gasteiger partial charge is 0.153 e. The van der Waals surface area contributed by atoms with E-state index in [0.717, 1.165) is 31.0 Å². The van der Waals surface area contributed by atoms with E-state index in [2.05, 4.69) is 10.3 Å². The molecule has 0 saturated carbocycles. The molecule has 3 rings (SSSR count). The lowest BCUT2D eigenvalue weighted by Crippen LogP contribution is -2.40. The predicted molar refractivity (Wildman–Crippen MR) is 86.8 cm³/mol. The van der Waals surface area contributed by atoms with Crippen LogP contribution in [0.4, 0.5) is 5.82 Å². The standard InChI is InChI=1S/C15H24N4O2S/c20-22(21)8-6-19(7-9-22)15-12-17-11-14(18-15)10-13-2-1-4-16-5-3-13/h11-13,16H,1-10H2. The lowest BCUT2D eigenvalue weighted by molar-refractivity contribution is 0.464. The fourth-order valence-corrected chi connectivity index (χ4v) is 4.38. The van der Waals surface area contributed by atoms with E-state index >= 15 is 0 Å². The molecule has 22 heavy (non-hydrogen) atoms. The molecule has 0 bridgehead atoms. The van der Waals surface area contributed by atoms with Gasteiger partial charge in [-0.2, -0.15) is 0 Å². The molecule has 2 aliphatic heterocycles. The van der Waals surface area contributed by atoms with E-state index < -0.39 is 9.84 Å². The van der Waals surface area contributed by atoms with Crippen LogP contribution in [-0.2, 0) is 16.3 Å². The van der Waals surface area contributed by atoms with E-state index in [1.165, 1.54) is 19.3 Å².